The van der Waals surface area contributed by atoms with Crippen LogP contribution in [0.3, 0.4) is 0 Å². The predicted octanol–water partition coefficient (Wildman–Crippen LogP) is 6.04. The van der Waals surface area contributed by atoms with Crippen molar-refractivity contribution in [3.05, 3.63) is 59.7 Å². The first kappa shape index (κ1) is 27.7. The standard InChI is InChI=1S/C19H18F6N2OS.2ClH/c20-18(21,22)28-15-5-1-13(2-6-15)17(27-11-9-26-10-12-27)14-3-7-16(8-4-14)29-19(23,24)25;;/h1-8,17,26H,9-12H2;2*1H/t17-;;/m1../s1. The van der Waals surface area contributed by atoms with E-state index in [1.165, 1.54) is 24.3 Å². The summed E-state index contributed by atoms with van der Waals surface area (Å²) >= 11 is -0.187. The summed E-state index contributed by atoms with van der Waals surface area (Å²) in [6.45, 7) is 2.89. The van der Waals surface area contributed by atoms with Crippen molar-refractivity contribution in [3.8, 4) is 5.75 Å². The molecule has 12 heteroatoms. The largest absolute Gasteiger partial charge is 0.573 e. The maximum Gasteiger partial charge on any atom is 0.573 e. The molecule has 31 heavy (non-hydrogen) atoms. The van der Waals surface area contributed by atoms with Gasteiger partial charge in [0, 0.05) is 31.1 Å². The van der Waals surface area contributed by atoms with Crippen molar-refractivity contribution in [2.75, 3.05) is 26.2 Å². The molecule has 1 N–H and O–H groups in total. The lowest BCUT2D eigenvalue weighted by Gasteiger charge is -2.35. The van der Waals surface area contributed by atoms with Gasteiger partial charge in [-0.05, 0) is 47.2 Å². The van der Waals surface area contributed by atoms with Gasteiger partial charge in [0.2, 0.25) is 0 Å². The summed E-state index contributed by atoms with van der Waals surface area (Å²) in [6.07, 6.45) is -4.77. The number of thioether (sulfide) groups is 1. The summed E-state index contributed by atoms with van der Waals surface area (Å²) < 4.78 is 78.8. The second-order valence-corrected chi connectivity index (χ2v) is 7.56. The lowest BCUT2D eigenvalue weighted by atomic mass is 9.96. The van der Waals surface area contributed by atoms with Gasteiger partial charge in [0.05, 0.1) is 6.04 Å². The minimum Gasteiger partial charge on any atom is -0.406 e. The molecule has 0 radical (unpaired) electrons. The Morgan fingerprint density at radius 3 is 1.74 bits per heavy atom. The fourth-order valence-electron chi connectivity index (χ4n) is 3.26. The van der Waals surface area contributed by atoms with Crippen molar-refractivity contribution in [2.24, 2.45) is 0 Å². The van der Waals surface area contributed by atoms with Crippen molar-refractivity contribution in [1.29, 1.82) is 0 Å². The molecule has 1 aliphatic rings. The van der Waals surface area contributed by atoms with Gasteiger partial charge in [0.25, 0.3) is 0 Å². The zero-order valence-electron chi connectivity index (χ0n) is 15.9. The van der Waals surface area contributed by atoms with E-state index in [1.54, 1.807) is 24.3 Å². The summed E-state index contributed by atoms with van der Waals surface area (Å²) in [5.74, 6) is -0.322. The number of hydrogen-bond donors (Lipinski definition) is 1. The monoisotopic (exact) mass is 508 g/mol. The van der Waals surface area contributed by atoms with Crippen molar-refractivity contribution in [2.45, 2.75) is 22.8 Å². The summed E-state index contributed by atoms with van der Waals surface area (Å²) in [5, 5.41) is 3.23. The van der Waals surface area contributed by atoms with Crippen LogP contribution in [0.2, 0.25) is 0 Å². The quantitative estimate of drug-likeness (QED) is 0.393. The summed E-state index contributed by atoms with van der Waals surface area (Å²) in [4.78, 5) is 2.22. The molecule has 0 unspecified atom stereocenters. The van der Waals surface area contributed by atoms with Crippen LogP contribution in [-0.4, -0.2) is 42.9 Å². The van der Waals surface area contributed by atoms with Crippen LogP contribution in [0.5, 0.6) is 5.75 Å². The molecule has 1 aliphatic heterocycles. The highest BCUT2D eigenvalue weighted by Gasteiger charge is 2.32. The molecule has 174 valence electrons. The van der Waals surface area contributed by atoms with E-state index in [2.05, 4.69) is 15.0 Å². The molecule has 1 atom stereocenters. The Hall–Kier alpha value is -1.33. The first-order valence-corrected chi connectivity index (χ1v) is 9.58. The zero-order valence-corrected chi connectivity index (χ0v) is 18.3. The van der Waals surface area contributed by atoms with Crippen molar-refractivity contribution < 1.29 is 31.1 Å². The Morgan fingerprint density at radius 1 is 0.806 bits per heavy atom. The number of benzene rings is 2. The number of ether oxygens (including phenoxy) is 1. The zero-order chi connectivity index (χ0) is 21.1. The van der Waals surface area contributed by atoms with Gasteiger partial charge in [0.1, 0.15) is 5.75 Å². The van der Waals surface area contributed by atoms with Crippen molar-refractivity contribution in [3.63, 3.8) is 0 Å². The third-order valence-corrected chi connectivity index (χ3v) is 5.11. The summed E-state index contributed by atoms with van der Waals surface area (Å²) in [7, 11) is 0. The second-order valence-electron chi connectivity index (χ2n) is 6.42. The molecule has 1 saturated heterocycles. The first-order chi connectivity index (χ1) is 13.6. The fourth-order valence-corrected chi connectivity index (χ4v) is 3.80. The molecule has 3 rings (SSSR count). The van der Waals surface area contributed by atoms with Crippen molar-refractivity contribution in [1.82, 2.24) is 10.2 Å². The van der Waals surface area contributed by atoms with E-state index in [9.17, 15) is 26.3 Å². The van der Waals surface area contributed by atoms with E-state index in [-0.39, 0.29) is 53.3 Å². The Bertz CT molecular complexity index is 738. The maximum atomic E-state index is 12.6. The van der Waals surface area contributed by atoms with Gasteiger partial charge in [-0.15, -0.1) is 38.0 Å². The number of rotatable bonds is 5. The highest BCUT2D eigenvalue weighted by Crippen LogP contribution is 2.38. The Balaban J connectivity index is 0.00000240. The van der Waals surface area contributed by atoms with Gasteiger partial charge in [-0.2, -0.15) is 13.2 Å². The second kappa shape index (κ2) is 11.5. The van der Waals surface area contributed by atoms with E-state index < -0.39 is 11.9 Å². The highest BCUT2D eigenvalue weighted by atomic mass is 35.5. The van der Waals surface area contributed by atoms with Gasteiger partial charge in [-0.25, -0.2) is 0 Å². The third-order valence-electron chi connectivity index (χ3n) is 4.38. The molecular weight excluding hydrogens is 489 g/mol. The molecule has 0 spiro atoms. The van der Waals surface area contributed by atoms with Gasteiger partial charge < -0.3 is 10.1 Å². The number of nitrogens with zero attached hydrogens (tertiary/aromatic N) is 1. The lowest BCUT2D eigenvalue weighted by molar-refractivity contribution is -0.274. The lowest BCUT2D eigenvalue weighted by Crippen LogP contribution is -2.45. The van der Waals surface area contributed by atoms with Crippen LogP contribution in [0.1, 0.15) is 17.2 Å². The molecule has 1 fully saturated rings. The van der Waals surface area contributed by atoms with Crippen LogP contribution in [0, 0.1) is 0 Å². The summed E-state index contributed by atoms with van der Waals surface area (Å²) in [5.41, 5.74) is -2.87. The third kappa shape index (κ3) is 8.61. The van der Waals surface area contributed by atoms with Crippen LogP contribution in [-0.2, 0) is 0 Å². The van der Waals surface area contributed by atoms with Gasteiger partial charge >= 0.3 is 11.9 Å². The van der Waals surface area contributed by atoms with E-state index in [0.29, 0.717) is 13.1 Å². The average Bonchev–Trinajstić information content (AvgIpc) is 2.63. The van der Waals surface area contributed by atoms with E-state index in [4.69, 9.17) is 0 Å². The molecular formula is C19H20Cl2F6N2OS. The summed E-state index contributed by atoms with van der Waals surface area (Å²) in [6, 6.07) is 11.4. The topological polar surface area (TPSA) is 24.5 Å². The van der Waals surface area contributed by atoms with E-state index >= 15 is 0 Å². The molecule has 3 nitrogen and oxygen atoms in total. The minimum atomic E-state index is -4.77. The van der Waals surface area contributed by atoms with Crippen LogP contribution in [0.15, 0.2) is 53.4 Å². The Morgan fingerprint density at radius 2 is 1.29 bits per heavy atom. The minimum absolute atomic E-state index is 0. The fraction of sp³-hybridized carbons (Fsp3) is 0.368. The SMILES string of the molecule is Cl.Cl.FC(F)(F)Oc1ccc([C@H](c2ccc(SC(F)(F)F)cc2)N2CCNCC2)cc1. The van der Waals surface area contributed by atoms with Gasteiger partial charge in [-0.3, -0.25) is 4.90 Å². The Kier molecular flexibility index (Phi) is 10.3. The average molecular weight is 509 g/mol. The molecule has 0 saturated carbocycles. The highest BCUT2D eigenvalue weighted by molar-refractivity contribution is 8.00. The molecule has 0 aliphatic carbocycles. The molecule has 0 amide bonds. The van der Waals surface area contributed by atoms with Crippen LogP contribution < -0.4 is 10.1 Å². The molecule has 2 aromatic carbocycles. The van der Waals surface area contributed by atoms with Crippen LogP contribution >= 0.6 is 36.6 Å². The number of nitrogens with one attached hydrogen (secondary N) is 1. The smallest absolute Gasteiger partial charge is 0.406 e. The normalized spacial score (nSPS) is 16.1. The Labute approximate surface area is 192 Å². The molecule has 0 aromatic heterocycles. The van der Waals surface area contributed by atoms with E-state index in [0.717, 1.165) is 24.2 Å². The predicted molar refractivity (Wildman–Crippen MR) is 112 cm³/mol. The number of piperazine rings is 1. The van der Waals surface area contributed by atoms with Crippen LogP contribution in [0.25, 0.3) is 0 Å². The number of alkyl halides is 6. The molecule has 0 bridgehead atoms. The van der Waals surface area contributed by atoms with Gasteiger partial charge in [0.15, 0.2) is 0 Å². The number of halogens is 8. The molecule has 1 heterocycles. The molecule has 2 aromatic rings. The van der Waals surface area contributed by atoms with Crippen molar-refractivity contribution >= 4 is 36.6 Å². The number of hydrogen-bond acceptors (Lipinski definition) is 4. The van der Waals surface area contributed by atoms with Crippen LogP contribution in [0.4, 0.5) is 26.3 Å². The van der Waals surface area contributed by atoms with Gasteiger partial charge in [-0.1, -0.05) is 24.3 Å². The van der Waals surface area contributed by atoms with E-state index in [1.807, 2.05) is 0 Å². The maximum absolute atomic E-state index is 12.6. The first-order valence-electron chi connectivity index (χ1n) is 8.77.